The molecule has 4 heteroatoms. The Morgan fingerprint density at radius 3 is 2.00 bits per heavy atom. The summed E-state index contributed by atoms with van der Waals surface area (Å²) in [4.78, 5) is 31.1. The van der Waals surface area contributed by atoms with Crippen molar-refractivity contribution in [2.45, 2.75) is 12.8 Å². The minimum absolute atomic E-state index is 0.0197. The Hall–Kier alpha value is -2.75. The average molecular weight is 330 g/mol. The summed E-state index contributed by atoms with van der Waals surface area (Å²) in [6.07, 6.45) is 9.59. The first kappa shape index (κ1) is 14.6. The lowest BCUT2D eigenvalue weighted by Crippen LogP contribution is -2.32. The van der Waals surface area contributed by atoms with Crippen molar-refractivity contribution >= 4 is 17.5 Å². The highest BCUT2D eigenvalue weighted by Crippen LogP contribution is 2.53. The van der Waals surface area contributed by atoms with Crippen molar-refractivity contribution in [3.8, 4) is 0 Å². The van der Waals surface area contributed by atoms with Crippen molar-refractivity contribution in [3.05, 3.63) is 72.1 Å². The zero-order valence-corrected chi connectivity index (χ0v) is 13.7. The Balaban J connectivity index is 1.39. The number of hydrogen-bond donors (Lipinski definition) is 0. The average Bonchev–Trinajstić information content (AvgIpc) is 3.31. The van der Waals surface area contributed by atoms with E-state index in [0.717, 1.165) is 18.4 Å². The highest BCUT2D eigenvalue weighted by atomic mass is 16.2. The van der Waals surface area contributed by atoms with E-state index in [2.05, 4.69) is 17.1 Å². The van der Waals surface area contributed by atoms with Crippen LogP contribution in [0.1, 0.15) is 17.5 Å². The van der Waals surface area contributed by atoms with Crippen LogP contribution in [0.2, 0.25) is 0 Å². The molecule has 1 saturated heterocycles. The highest BCUT2D eigenvalue weighted by molar-refractivity contribution is 6.22. The van der Waals surface area contributed by atoms with Crippen LogP contribution >= 0.6 is 0 Å². The second kappa shape index (κ2) is 5.38. The number of allylic oxidation sites excluding steroid dienone is 2. The van der Waals surface area contributed by atoms with Gasteiger partial charge in [-0.3, -0.25) is 19.5 Å². The van der Waals surface area contributed by atoms with Crippen LogP contribution in [-0.2, 0) is 16.0 Å². The van der Waals surface area contributed by atoms with E-state index in [1.54, 1.807) is 12.4 Å². The Labute approximate surface area is 146 Å². The number of benzene rings is 1. The fraction of sp³-hybridized carbons (Fsp3) is 0.286. The molecule has 1 aromatic carbocycles. The number of hydrogen-bond acceptors (Lipinski definition) is 3. The Morgan fingerprint density at radius 1 is 0.840 bits per heavy atom. The summed E-state index contributed by atoms with van der Waals surface area (Å²) in [5.41, 5.74) is 3.03. The third-order valence-corrected chi connectivity index (χ3v) is 5.82. The largest absolute Gasteiger partial charge is 0.274 e. The SMILES string of the molecule is O=C1[C@H]2[C@H](C(=O)N1c1ccc(Cc3ccncc3)cc1)[C@H]1C=C[C@H]2C1. The van der Waals surface area contributed by atoms with E-state index in [9.17, 15) is 9.59 Å². The number of rotatable bonds is 3. The van der Waals surface area contributed by atoms with Crippen molar-refractivity contribution in [3.63, 3.8) is 0 Å². The van der Waals surface area contributed by atoms with Gasteiger partial charge in [0.2, 0.25) is 11.8 Å². The summed E-state index contributed by atoms with van der Waals surface area (Å²) in [6.45, 7) is 0. The minimum Gasteiger partial charge on any atom is -0.274 e. The van der Waals surface area contributed by atoms with Crippen LogP contribution < -0.4 is 4.90 Å². The van der Waals surface area contributed by atoms with Gasteiger partial charge in [-0.25, -0.2) is 0 Å². The molecule has 2 aromatic rings. The molecular formula is C21H18N2O2. The molecule has 1 aliphatic heterocycles. The molecule has 2 bridgehead atoms. The monoisotopic (exact) mass is 330 g/mol. The number of fused-ring (bicyclic) bond motifs is 5. The Bertz CT molecular complexity index is 843. The van der Waals surface area contributed by atoms with E-state index in [4.69, 9.17) is 0 Å². The second-order valence-electron chi connectivity index (χ2n) is 7.21. The maximum atomic E-state index is 12.8. The quantitative estimate of drug-likeness (QED) is 0.642. The number of aromatic nitrogens is 1. The molecule has 2 heterocycles. The van der Waals surface area contributed by atoms with Crippen molar-refractivity contribution < 1.29 is 9.59 Å². The second-order valence-corrected chi connectivity index (χ2v) is 7.21. The van der Waals surface area contributed by atoms with E-state index in [0.29, 0.717) is 5.69 Å². The Morgan fingerprint density at radius 2 is 1.40 bits per heavy atom. The highest BCUT2D eigenvalue weighted by Gasteiger charge is 2.59. The molecule has 25 heavy (non-hydrogen) atoms. The van der Waals surface area contributed by atoms with Crippen LogP contribution in [0.25, 0.3) is 0 Å². The molecule has 1 saturated carbocycles. The Kier molecular flexibility index (Phi) is 3.14. The first-order valence-corrected chi connectivity index (χ1v) is 8.76. The standard InChI is InChI=1S/C21H18N2O2/c24-20-18-15-3-4-16(12-15)19(18)21(25)23(20)17-5-1-13(2-6-17)11-14-7-9-22-10-8-14/h1-10,15-16,18-19H,11-12H2/t15-,16-,18+,19+/m0/s1. The summed E-state index contributed by atoms with van der Waals surface area (Å²) in [7, 11) is 0. The van der Waals surface area contributed by atoms with E-state index in [1.807, 2.05) is 36.4 Å². The molecule has 4 atom stereocenters. The third-order valence-electron chi connectivity index (χ3n) is 5.82. The van der Waals surface area contributed by atoms with Crippen molar-refractivity contribution in [2.75, 3.05) is 4.90 Å². The number of anilines is 1. The zero-order chi connectivity index (χ0) is 17.0. The van der Waals surface area contributed by atoms with Crippen LogP contribution in [0.4, 0.5) is 5.69 Å². The lowest BCUT2D eigenvalue weighted by Gasteiger charge is -2.17. The van der Waals surface area contributed by atoms with Gasteiger partial charge < -0.3 is 0 Å². The van der Waals surface area contributed by atoms with E-state index < -0.39 is 0 Å². The molecule has 4 nitrogen and oxygen atoms in total. The normalized spacial score (nSPS) is 29.5. The molecule has 0 radical (unpaired) electrons. The molecule has 2 aliphatic carbocycles. The van der Waals surface area contributed by atoms with Gasteiger partial charge in [0.1, 0.15) is 0 Å². The van der Waals surface area contributed by atoms with Gasteiger partial charge in [0.15, 0.2) is 0 Å². The topological polar surface area (TPSA) is 50.3 Å². The first-order valence-electron chi connectivity index (χ1n) is 8.76. The fourth-order valence-electron chi connectivity index (χ4n) is 4.66. The van der Waals surface area contributed by atoms with Crippen molar-refractivity contribution in [1.82, 2.24) is 4.98 Å². The predicted molar refractivity (Wildman–Crippen MR) is 93.7 cm³/mol. The summed E-state index contributed by atoms with van der Waals surface area (Å²) in [5.74, 6) is 0.185. The zero-order valence-electron chi connectivity index (χ0n) is 13.7. The van der Waals surface area contributed by atoms with Gasteiger partial charge in [0.05, 0.1) is 17.5 Å². The molecular weight excluding hydrogens is 312 g/mol. The lowest BCUT2D eigenvalue weighted by molar-refractivity contribution is -0.123. The van der Waals surface area contributed by atoms with Gasteiger partial charge in [-0.2, -0.15) is 0 Å². The van der Waals surface area contributed by atoms with Crippen molar-refractivity contribution in [1.29, 1.82) is 0 Å². The smallest absolute Gasteiger partial charge is 0.238 e. The van der Waals surface area contributed by atoms with Crippen LogP contribution in [0.15, 0.2) is 60.9 Å². The maximum absolute atomic E-state index is 12.8. The number of pyridine rings is 1. The maximum Gasteiger partial charge on any atom is 0.238 e. The number of imide groups is 1. The predicted octanol–water partition coefficient (Wildman–Crippen LogP) is 2.98. The lowest BCUT2D eigenvalue weighted by atomic mass is 9.85. The number of carbonyl (C=O) groups excluding carboxylic acids is 2. The molecule has 1 aromatic heterocycles. The van der Waals surface area contributed by atoms with Gasteiger partial charge in [-0.05, 0) is 60.1 Å². The van der Waals surface area contributed by atoms with E-state index in [1.165, 1.54) is 10.5 Å². The van der Waals surface area contributed by atoms with Gasteiger partial charge in [0, 0.05) is 12.4 Å². The number of nitrogens with zero attached hydrogens (tertiary/aromatic N) is 2. The molecule has 0 N–H and O–H groups in total. The van der Waals surface area contributed by atoms with Crippen LogP contribution in [-0.4, -0.2) is 16.8 Å². The third kappa shape index (κ3) is 2.17. The molecule has 0 unspecified atom stereocenters. The number of amides is 2. The molecule has 3 aliphatic rings. The van der Waals surface area contributed by atoms with Crippen molar-refractivity contribution in [2.24, 2.45) is 23.7 Å². The van der Waals surface area contributed by atoms with Crippen LogP contribution in [0, 0.1) is 23.7 Å². The molecule has 2 amide bonds. The van der Waals surface area contributed by atoms with Gasteiger partial charge in [-0.15, -0.1) is 0 Å². The number of carbonyl (C=O) groups is 2. The molecule has 2 fully saturated rings. The van der Waals surface area contributed by atoms with Crippen LogP contribution in [0.3, 0.4) is 0 Å². The molecule has 5 rings (SSSR count). The van der Waals surface area contributed by atoms with Crippen LogP contribution in [0.5, 0.6) is 0 Å². The van der Waals surface area contributed by atoms with Gasteiger partial charge in [-0.1, -0.05) is 24.3 Å². The molecule has 124 valence electrons. The van der Waals surface area contributed by atoms with Gasteiger partial charge in [0.25, 0.3) is 0 Å². The van der Waals surface area contributed by atoms with Gasteiger partial charge >= 0.3 is 0 Å². The first-order chi connectivity index (χ1) is 12.2. The summed E-state index contributed by atoms with van der Waals surface area (Å²) >= 11 is 0. The fourth-order valence-corrected chi connectivity index (χ4v) is 4.66. The summed E-state index contributed by atoms with van der Waals surface area (Å²) < 4.78 is 0. The summed E-state index contributed by atoms with van der Waals surface area (Å²) in [6, 6.07) is 11.8. The minimum atomic E-state index is -0.140. The summed E-state index contributed by atoms with van der Waals surface area (Å²) in [5, 5.41) is 0. The van der Waals surface area contributed by atoms with E-state index >= 15 is 0 Å². The van der Waals surface area contributed by atoms with E-state index in [-0.39, 0.29) is 35.5 Å². The molecule has 0 spiro atoms.